The van der Waals surface area contributed by atoms with Gasteiger partial charge in [-0.1, -0.05) is 63.8 Å². The molecule has 2 aromatic rings. The standard InChI is InChI=1S/C24H30O2.C2H6/c1-7-24(8-2,21-11-12-22(25)18(4)16-21)20-10-9-19(17(3)15-20)13-14-23(5,6)26;1-2/h9-12,15-16,25-26H,7-8H2,1-6H3;1-2H3. The zero-order valence-electron chi connectivity index (χ0n) is 18.8. The molecule has 28 heavy (non-hydrogen) atoms. The minimum absolute atomic E-state index is 0.0918. The van der Waals surface area contributed by atoms with Crippen LogP contribution in [0.2, 0.25) is 0 Å². The molecule has 0 fully saturated rings. The SMILES string of the molecule is CC.CCC(CC)(c1ccc(O)c(C)c1)c1ccc(C#CC(C)(C)O)c(C)c1. The Morgan fingerprint density at radius 1 is 0.857 bits per heavy atom. The summed E-state index contributed by atoms with van der Waals surface area (Å²) in [6, 6.07) is 12.3. The quantitative estimate of drug-likeness (QED) is 0.614. The summed E-state index contributed by atoms with van der Waals surface area (Å²) in [7, 11) is 0. The number of hydrogen-bond acceptors (Lipinski definition) is 2. The first kappa shape index (κ1) is 23.8. The van der Waals surface area contributed by atoms with Crippen molar-refractivity contribution in [3.05, 3.63) is 64.2 Å². The van der Waals surface area contributed by atoms with Gasteiger partial charge in [-0.25, -0.2) is 0 Å². The van der Waals surface area contributed by atoms with Gasteiger partial charge in [-0.15, -0.1) is 0 Å². The van der Waals surface area contributed by atoms with Crippen molar-refractivity contribution in [3.8, 4) is 17.6 Å². The zero-order chi connectivity index (χ0) is 21.5. The smallest absolute Gasteiger partial charge is 0.120 e. The number of aliphatic hydroxyl groups is 1. The number of aromatic hydroxyl groups is 1. The Morgan fingerprint density at radius 3 is 1.79 bits per heavy atom. The molecule has 0 radical (unpaired) electrons. The van der Waals surface area contributed by atoms with E-state index in [1.807, 2.05) is 26.8 Å². The third kappa shape index (κ3) is 5.40. The fourth-order valence-corrected chi connectivity index (χ4v) is 3.51. The van der Waals surface area contributed by atoms with E-state index in [1.165, 1.54) is 11.1 Å². The lowest BCUT2D eigenvalue weighted by molar-refractivity contribution is 0.143. The second-order valence-corrected chi connectivity index (χ2v) is 7.63. The van der Waals surface area contributed by atoms with E-state index in [0.717, 1.165) is 29.5 Å². The van der Waals surface area contributed by atoms with Gasteiger partial charge in [-0.05, 0) is 74.9 Å². The monoisotopic (exact) mass is 380 g/mol. The molecular weight excluding hydrogens is 344 g/mol. The molecule has 0 atom stereocenters. The van der Waals surface area contributed by atoms with Gasteiger partial charge in [-0.2, -0.15) is 0 Å². The normalized spacial score (nSPS) is 11.2. The lowest BCUT2D eigenvalue weighted by atomic mass is 9.70. The molecule has 0 saturated carbocycles. The summed E-state index contributed by atoms with van der Waals surface area (Å²) in [5.41, 5.74) is 4.36. The number of phenols is 1. The van der Waals surface area contributed by atoms with E-state index in [1.54, 1.807) is 19.9 Å². The summed E-state index contributed by atoms with van der Waals surface area (Å²) < 4.78 is 0. The Morgan fingerprint density at radius 2 is 1.36 bits per heavy atom. The van der Waals surface area contributed by atoms with E-state index < -0.39 is 5.60 Å². The fraction of sp³-hybridized carbons (Fsp3) is 0.462. The summed E-state index contributed by atoms with van der Waals surface area (Å²) in [6.45, 7) is 15.8. The van der Waals surface area contributed by atoms with Gasteiger partial charge >= 0.3 is 0 Å². The van der Waals surface area contributed by atoms with Crippen LogP contribution in [0.5, 0.6) is 5.75 Å². The van der Waals surface area contributed by atoms with Crippen LogP contribution in [-0.4, -0.2) is 15.8 Å². The Bertz CT molecular complexity index is 841. The number of benzene rings is 2. The first-order chi connectivity index (χ1) is 13.1. The van der Waals surface area contributed by atoms with Gasteiger partial charge in [-0.3, -0.25) is 0 Å². The van der Waals surface area contributed by atoms with E-state index in [2.05, 4.69) is 56.9 Å². The zero-order valence-corrected chi connectivity index (χ0v) is 18.8. The van der Waals surface area contributed by atoms with Crippen molar-refractivity contribution in [2.75, 3.05) is 0 Å². The molecule has 0 aliphatic rings. The second-order valence-electron chi connectivity index (χ2n) is 7.63. The van der Waals surface area contributed by atoms with Crippen LogP contribution in [0, 0.1) is 25.7 Å². The van der Waals surface area contributed by atoms with Gasteiger partial charge in [0, 0.05) is 11.0 Å². The van der Waals surface area contributed by atoms with Crippen LogP contribution in [0.1, 0.15) is 82.2 Å². The van der Waals surface area contributed by atoms with E-state index in [0.29, 0.717) is 5.75 Å². The largest absolute Gasteiger partial charge is 0.508 e. The molecule has 2 N–H and O–H groups in total. The molecular formula is C26H36O2. The van der Waals surface area contributed by atoms with Crippen molar-refractivity contribution in [1.29, 1.82) is 0 Å². The molecule has 0 aliphatic carbocycles. The van der Waals surface area contributed by atoms with E-state index in [9.17, 15) is 10.2 Å². The number of aryl methyl sites for hydroxylation is 2. The van der Waals surface area contributed by atoms with Crippen LogP contribution >= 0.6 is 0 Å². The first-order valence-electron chi connectivity index (χ1n) is 10.3. The molecule has 0 heterocycles. The maximum Gasteiger partial charge on any atom is 0.120 e. The summed E-state index contributed by atoms with van der Waals surface area (Å²) in [5, 5.41) is 19.7. The molecule has 0 bridgehead atoms. The van der Waals surface area contributed by atoms with E-state index in [4.69, 9.17) is 0 Å². The van der Waals surface area contributed by atoms with Crippen molar-refractivity contribution < 1.29 is 10.2 Å². The van der Waals surface area contributed by atoms with Gasteiger partial charge in [0.25, 0.3) is 0 Å². The molecule has 2 heteroatoms. The highest BCUT2D eigenvalue weighted by molar-refractivity contribution is 5.49. The highest BCUT2D eigenvalue weighted by Gasteiger charge is 2.31. The van der Waals surface area contributed by atoms with Gasteiger partial charge in [0.05, 0.1) is 0 Å². The molecule has 0 amide bonds. The second kappa shape index (κ2) is 9.80. The highest BCUT2D eigenvalue weighted by atomic mass is 16.3. The van der Waals surface area contributed by atoms with Crippen molar-refractivity contribution in [2.24, 2.45) is 0 Å². The topological polar surface area (TPSA) is 40.5 Å². The predicted molar refractivity (Wildman–Crippen MR) is 120 cm³/mol. The average molecular weight is 381 g/mol. The van der Waals surface area contributed by atoms with E-state index in [-0.39, 0.29) is 5.41 Å². The third-order valence-corrected chi connectivity index (χ3v) is 5.24. The van der Waals surface area contributed by atoms with Crippen LogP contribution in [-0.2, 0) is 5.41 Å². The highest BCUT2D eigenvalue weighted by Crippen LogP contribution is 2.40. The van der Waals surface area contributed by atoms with Gasteiger partial charge in [0.2, 0.25) is 0 Å². The molecule has 0 aliphatic heterocycles. The molecule has 0 aromatic heterocycles. The number of rotatable bonds is 4. The lowest BCUT2D eigenvalue weighted by Crippen LogP contribution is -2.26. The molecule has 0 unspecified atom stereocenters. The fourth-order valence-electron chi connectivity index (χ4n) is 3.51. The number of hydrogen-bond donors (Lipinski definition) is 2. The number of phenolic OH excluding ortho intramolecular Hbond substituents is 1. The minimum atomic E-state index is -0.995. The van der Waals surface area contributed by atoms with Crippen LogP contribution < -0.4 is 0 Å². The van der Waals surface area contributed by atoms with Crippen LogP contribution in [0.25, 0.3) is 0 Å². The summed E-state index contributed by atoms with van der Waals surface area (Å²) >= 11 is 0. The maximum absolute atomic E-state index is 9.90. The summed E-state index contributed by atoms with van der Waals surface area (Å²) in [5.74, 6) is 6.32. The van der Waals surface area contributed by atoms with Crippen LogP contribution in [0.15, 0.2) is 36.4 Å². The Kier molecular flexibility index (Phi) is 8.33. The van der Waals surface area contributed by atoms with Crippen LogP contribution in [0.3, 0.4) is 0 Å². The Hall–Kier alpha value is -2.24. The van der Waals surface area contributed by atoms with Crippen molar-refractivity contribution in [1.82, 2.24) is 0 Å². The Labute approximate surface area is 171 Å². The third-order valence-electron chi connectivity index (χ3n) is 5.24. The summed E-state index contributed by atoms with van der Waals surface area (Å²) in [4.78, 5) is 0. The summed E-state index contributed by atoms with van der Waals surface area (Å²) in [6.07, 6.45) is 1.95. The van der Waals surface area contributed by atoms with E-state index >= 15 is 0 Å². The molecule has 2 aromatic carbocycles. The van der Waals surface area contributed by atoms with Crippen molar-refractivity contribution in [3.63, 3.8) is 0 Å². The van der Waals surface area contributed by atoms with Gasteiger partial charge in [0.15, 0.2) is 0 Å². The molecule has 152 valence electrons. The minimum Gasteiger partial charge on any atom is -0.508 e. The van der Waals surface area contributed by atoms with Crippen molar-refractivity contribution >= 4 is 0 Å². The molecule has 0 saturated heterocycles. The van der Waals surface area contributed by atoms with Gasteiger partial charge in [0.1, 0.15) is 11.4 Å². The lowest BCUT2D eigenvalue weighted by Gasteiger charge is -2.34. The van der Waals surface area contributed by atoms with Crippen molar-refractivity contribution in [2.45, 2.75) is 79.2 Å². The van der Waals surface area contributed by atoms with Gasteiger partial charge < -0.3 is 10.2 Å². The Balaban J connectivity index is 0.00000190. The van der Waals surface area contributed by atoms with Crippen LogP contribution in [0.4, 0.5) is 0 Å². The predicted octanol–water partition coefficient (Wildman–Crippen LogP) is 6.26. The maximum atomic E-state index is 9.90. The molecule has 2 rings (SSSR count). The molecule has 0 spiro atoms. The first-order valence-corrected chi connectivity index (χ1v) is 10.3. The average Bonchev–Trinajstić information content (AvgIpc) is 2.66. The molecule has 2 nitrogen and oxygen atoms in total.